The molecule has 2 aromatic rings. The molecule has 3 rings (SSSR count). The van der Waals surface area contributed by atoms with Gasteiger partial charge >= 0.3 is 0 Å². The van der Waals surface area contributed by atoms with Gasteiger partial charge < -0.3 is 4.74 Å². The molecule has 1 aliphatic rings. The Morgan fingerprint density at radius 3 is 2.24 bits per heavy atom. The predicted octanol–water partition coefficient (Wildman–Crippen LogP) is 3.92. The Kier molecular flexibility index (Phi) is 3.06. The SMILES string of the molecule is c1ccc(OCC2SC2c2ccccc2)cc1. The van der Waals surface area contributed by atoms with Crippen LogP contribution < -0.4 is 4.74 Å². The van der Waals surface area contributed by atoms with Crippen molar-refractivity contribution in [2.45, 2.75) is 10.5 Å². The van der Waals surface area contributed by atoms with Gasteiger partial charge in [0.2, 0.25) is 0 Å². The minimum absolute atomic E-state index is 0.609. The lowest BCUT2D eigenvalue weighted by atomic mass is 10.1. The Bertz CT molecular complexity index is 469. The molecule has 0 bridgehead atoms. The van der Waals surface area contributed by atoms with Gasteiger partial charge in [-0.2, -0.15) is 0 Å². The minimum Gasteiger partial charge on any atom is -0.492 e. The molecule has 0 saturated carbocycles. The quantitative estimate of drug-likeness (QED) is 0.751. The molecule has 1 nitrogen and oxygen atoms in total. The smallest absolute Gasteiger partial charge is 0.119 e. The third kappa shape index (κ3) is 2.64. The van der Waals surface area contributed by atoms with Gasteiger partial charge in [0, 0.05) is 5.25 Å². The van der Waals surface area contributed by atoms with Gasteiger partial charge in [-0.3, -0.25) is 0 Å². The van der Waals surface area contributed by atoms with Gasteiger partial charge in [-0.15, -0.1) is 11.8 Å². The highest BCUT2D eigenvalue weighted by Crippen LogP contribution is 2.54. The van der Waals surface area contributed by atoms with Crippen molar-refractivity contribution >= 4 is 11.8 Å². The molecule has 86 valence electrons. The van der Waals surface area contributed by atoms with Crippen LogP contribution in [-0.4, -0.2) is 11.9 Å². The summed E-state index contributed by atoms with van der Waals surface area (Å²) in [6.07, 6.45) is 0. The third-order valence-electron chi connectivity index (χ3n) is 2.87. The molecule has 2 atom stereocenters. The number of rotatable bonds is 4. The molecule has 2 unspecified atom stereocenters. The van der Waals surface area contributed by atoms with E-state index < -0.39 is 0 Å². The fraction of sp³-hybridized carbons (Fsp3) is 0.200. The summed E-state index contributed by atoms with van der Waals surface area (Å²) in [6, 6.07) is 20.7. The van der Waals surface area contributed by atoms with Gasteiger partial charge in [-0.25, -0.2) is 0 Å². The van der Waals surface area contributed by atoms with Crippen LogP contribution in [0.2, 0.25) is 0 Å². The summed E-state index contributed by atoms with van der Waals surface area (Å²) < 4.78 is 5.76. The lowest BCUT2D eigenvalue weighted by Crippen LogP contribution is -2.04. The van der Waals surface area contributed by atoms with Crippen molar-refractivity contribution in [3.8, 4) is 5.75 Å². The van der Waals surface area contributed by atoms with Gasteiger partial charge in [0.1, 0.15) is 12.4 Å². The Morgan fingerprint density at radius 2 is 1.53 bits per heavy atom. The number of hydrogen-bond donors (Lipinski definition) is 0. The van der Waals surface area contributed by atoms with Crippen LogP contribution in [0.4, 0.5) is 0 Å². The van der Waals surface area contributed by atoms with Gasteiger partial charge in [0.25, 0.3) is 0 Å². The fourth-order valence-corrected chi connectivity index (χ4v) is 2.88. The normalized spacial score (nSPS) is 22.1. The van der Waals surface area contributed by atoms with Gasteiger partial charge in [0.15, 0.2) is 0 Å². The highest BCUT2D eigenvalue weighted by atomic mass is 32.2. The molecule has 1 heterocycles. The zero-order valence-electron chi connectivity index (χ0n) is 9.45. The topological polar surface area (TPSA) is 9.23 Å². The van der Waals surface area contributed by atoms with E-state index in [0.717, 1.165) is 12.4 Å². The van der Waals surface area contributed by atoms with Crippen molar-refractivity contribution in [1.82, 2.24) is 0 Å². The molecule has 1 aliphatic heterocycles. The first-order chi connectivity index (χ1) is 8.43. The zero-order valence-corrected chi connectivity index (χ0v) is 10.3. The number of ether oxygens (including phenoxy) is 1. The number of para-hydroxylation sites is 1. The molecule has 0 N–H and O–H groups in total. The molecule has 0 aromatic heterocycles. The molecule has 0 spiro atoms. The van der Waals surface area contributed by atoms with E-state index in [4.69, 9.17) is 4.74 Å². The number of benzene rings is 2. The average molecular weight is 242 g/mol. The summed E-state index contributed by atoms with van der Waals surface area (Å²) in [4.78, 5) is 0. The highest BCUT2D eigenvalue weighted by molar-refractivity contribution is 8.07. The van der Waals surface area contributed by atoms with E-state index in [1.165, 1.54) is 5.56 Å². The Morgan fingerprint density at radius 1 is 0.882 bits per heavy atom. The molecular formula is C15H14OS. The van der Waals surface area contributed by atoms with Crippen LogP contribution in [-0.2, 0) is 0 Å². The van der Waals surface area contributed by atoms with Crippen LogP contribution in [0.25, 0.3) is 0 Å². The highest BCUT2D eigenvalue weighted by Gasteiger charge is 2.39. The molecule has 0 amide bonds. The molecular weight excluding hydrogens is 228 g/mol. The maximum absolute atomic E-state index is 5.76. The predicted molar refractivity (Wildman–Crippen MR) is 72.5 cm³/mol. The molecule has 0 aliphatic carbocycles. The van der Waals surface area contributed by atoms with Crippen molar-refractivity contribution in [3.63, 3.8) is 0 Å². The Labute approximate surface area is 106 Å². The first kappa shape index (κ1) is 10.7. The van der Waals surface area contributed by atoms with E-state index in [2.05, 4.69) is 30.3 Å². The maximum atomic E-state index is 5.76. The second-order valence-electron chi connectivity index (χ2n) is 4.13. The summed E-state index contributed by atoms with van der Waals surface area (Å²) >= 11 is 1.98. The first-order valence-corrected chi connectivity index (χ1v) is 6.76. The van der Waals surface area contributed by atoms with E-state index >= 15 is 0 Å². The largest absolute Gasteiger partial charge is 0.492 e. The number of thioether (sulfide) groups is 1. The van der Waals surface area contributed by atoms with Gasteiger partial charge in [-0.1, -0.05) is 48.5 Å². The number of hydrogen-bond acceptors (Lipinski definition) is 2. The van der Waals surface area contributed by atoms with E-state index in [1.54, 1.807) is 0 Å². The average Bonchev–Trinajstić information content (AvgIpc) is 3.18. The van der Waals surface area contributed by atoms with Crippen molar-refractivity contribution in [2.75, 3.05) is 6.61 Å². The maximum Gasteiger partial charge on any atom is 0.119 e. The lowest BCUT2D eigenvalue weighted by molar-refractivity contribution is 0.325. The van der Waals surface area contributed by atoms with Crippen LogP contribution in [0.5, 0.6) is 5.75 Å². The van der Waals surface area contributed by atoms with Crippen LogP contribution in [0.15, 0.2) is 60.7 Å². The Balaban J connectivity index is 1.53. The van der Waals surface area contributed by atoms with E-state index in [1.807, 2.05) is 42.1 Å². The van der Waals surface area contributed by atoms with Crippen LogP contribution in [0.1, 0.15) is 10.8 Å². The van der Waals surface area contributed by atoms with Crippen LogP contribution in [0.3, 0.4) is 0 Å². The van der Waals surface area contributed by atoms with Crippen molar-refractivity contribution in [1.29, 1.82) is 0 Å². The van der Waals surface area contributed by atoms with E-state index in [9.17, 15) is 0 Å². The molecule has 1 fully saturated rings. The molecule has 2 heteroatoms. The minimum atomic E-state index is 0.609. The molecule has 1 saturated heterocycles. The monoisotopic (exact) mass is 242 g/mol. The first-order valence-electron chi connectivity index (χ1n) is 5.82. The van der Waals surface area contributed by atoms with Crippen molar-refractivity contribution < 1.29 is 4.74 Å². The summed E-state index contributed by atoms with van der Waals surface area (Å²) in [5.74, 6) is 0.965. The lowest BCUT2D eigenvalue weighted by Gasteiger charge is -2.04. The third-order valence-corrected chi connectivity index (χ3v) is 4.21. The van der Waals surface area contributed by atoms with Crippen molar-refractivity contribution in [3.05, 3.63) is 66.2 Å². The summed E-state index contributed by atoms with van der Waals surface area (Å²) in [7, 11) is 0. The van der Waals surface area contributed by atoms with E-state index in [0.29, 0.717) is 10.5 Å². The summed E-state index contributed by atoms with van der Waals surface area (Å²) in [5, 5.41) is 1.23. The molecule has 2 aromatic carbocycles. The van der Waals surface area contributed by atoms with Gasteiger partial charge in [0.05, 0.1) is 5.25 Å². The van der Waals surface area contributed by atoms with E-state index in [-0.39, 0.29) is 0 Å². The molecule has 0 radical (unpaired) electrons. The van der Waals surface area contributed by atoms with Crippen molar-refractivity contribution in [2.24, 2.45) is 0 Å². The molecule has 17 heavy (non-hydrogen) atoms. The van der Waals surface area contributed by atoms with Gasteiger partial charge in [-0.05, 0) is 17.7 Å². The zero-order chi connectivity index (χ0) is 11.5. The Hall–Kier alpha value is -1.41. The van der Waals surface area contributed by atoms with Crippen LogP contribution in [0, 0.1) is 0 Å². The second-order valence-corrected chi connectivity index (χ2v) is 5.52. The summed E-state index contributed by atoms with van der Waals surface area (Å²) in [6.45, 7) is 0.800. The second kappa shape index (κ2) is 4.84. The fourth-order valence-electron chi connectivity index (χ4n) is 1.90. The summed E-state index contributed by atoms with van der Waals surface area (Å²) in [5.41, 5.74) is 1.42. The standard InChI is InChI=1S/C15H14OS/c1-3-7-12(8-4-1)15-14(17-15)11-16-13-9-5-2-6-10-13/h1-10,14-15H,11H2. The van der Waals surface area contributed by atoms with Crippen LogP contribution >= 0.6 is 11.8 Å².